The average molecular weight is 472 g/mol. The van der Waals surface area contributed by atoms with Crippen molar-refractivity contribution in [3.8, 4) is 28.9 Å². The van der Waals surface area contributed by atoms with Gasteiger partial charge in [0.25, 0.3) is 0 Å². The Morgan fingerprint density at radius 1 is 1.03 bits per heavy atom. The number of rotatable bonds is 7. The largest absolute Gasteiger partial charge is 0.493 e. The minimum Gasteiger partial charge on any atom is -0.493 e. The molecule has 2 aromatic heterocycles. The molecule has 0 bridgehead atoms. The lowest BCUT2D eigenvalue weighted by Crippen LogP contribution is -2.30. The molecule has 8 heteroatoms. The standard InChI is InChI=1S/C27H29N5O3/c1-5-6-14-31-16-29-26-24(25(31)28)23(18-12-13-20(33-3)21(15-18)34-4)22-17(2)30-32(27(22)35-26)19-10-8-7-9-11-19/h7-13,15-16,23,28H,5-6,14H2,1-4H3. The molecular formula is C27H29N5O3. The third-order valence-electron chi connectivity index (χ3n) is 6.41. The second-order valence-corrected chi connectivity index (χ2v) is 8.56. The van der Waals surface area contributed by atoms with Gasteiger partial charge in [-0.05, 0) is 43.2 Å². The molecule has 5 rings (SSSR count). The summed E-state index contributed by atoms with van der Waals surface area (Å²) in [6.45, 7) is 4.84. The first-order chi connectivity index (χ1) is 17.1. The first-order valence-electron chi connectivity index (χ1n) is 11.8. The van der Waals surface area contributed by atoms with Crippen LogP contribution in [0.3, 0.4) is 0 Å². The number of benzene rings is 2. The molecule has 4 aromatic rings. The lowest BCUT2D eigenvalue weighted by Gasteiger charge is -2.27. The minimum atomic E-state index is -0.305. The van der Waals surface area contributed by atoms with E-state index in [2.05, 4.69) is 11.9 Å². The number of ether oxygens (including phenoxy) is 3. The Kier molecular flexibility index (Phi) is 6.03. The van der Waals surface area contributed by atoms with E-state index in [9.17, 15) is 0 Å². The summed E-state index contributed by atoms with van der Waals surface area (Å²) in [6, 6.07) is 15.8. The normalized spacial score (nSPS) is 14.1. The van der Waals surface area contributed by atoms with Gasteiger partial charge in [-0.1, -0.05) is 37.6 Å². The van der Waals surface area contributed by atoms with Gasteiger partial charge in [0.1, 0.15) is 11.8 Å². The number of unbranched alkanes of at least 4 members (excludes halogenated alkanes) is 1. The van der Waals surface area contributed by atoms with E-state index in [4.69, 9.17) is 24.7 Å². The van der Waals surface area contributed by atoms with Crippen molar-refractivity contribution in [2.75, 3.05) is 14.2 Å². The van der Waals surface area contributed by atoms with Crippen molar-refractivity contribution in [2.45, 2.75) is 39.2 Å². The summed E-state index contributed by atoms with van der Waals surface area (Å²) in [5, 5.41) is 13.9. The maximum atomic E-state index is 9.10. The summed E-state index contributed by atoms with van der Waals surface area (Å²) in [4.78, 5) is 4.65. The summed E-state index contributed by atoms with van der Waals surface area (Å²) in [5.74, 6) is 2.00. The second-order valence-electron chi connectivity index (χ2n) is 8.56. The van der Waals surface area contributed by atoms with Crippen LogP contribution in [0, 0.1) is 12.3 Å². The smallest absolute Gasteiger partial charge is 0.230 e. The first-order valence-corrected chi connectivity index (χ1v) is 11.8. The molecule has 0 saturated carbocycles. The summed E-state index contributed by atoms with van der Waals surface area (Å²) in [6.07, 6.45) is 3.70. The van der Waals surface area contributed by atoms with Gasteiger partial charge in [0, 0.05) is 6.54 Å². The number of hydrogen-bond donors (Lipinski definition) is 1. The molecule has 8 nitrogen and oxygen atoms in total. The molecule has 0 saturated heterocycles. The molecule has 0 radical (unpaired) electrons. The van der Waals surface area contributed by atoms with Gasteiger partial charge >= 0.3 is 0 Å². The van der Waals surface area contributed by atoms with Crippen molar-refractivity contribution in [3.05, 3.63) is 82.7 Å². The molecule has 35 heavy (non-hydrogen) atoms. The number of fused-ring (bicyclic) bond motifs is 2. The van der Waals surface area contributed by atoms with Crippen LogP contribution in [0.2, 0.25) is 0 Å². The van der Waals surface area contributed by atoms with E-state index in [-0.39, 0.29) is 5.92 Å². The monoisotopic (exact) mass is 471 g/mol. The predicted molar refractivity (Wildman–Crippen MR) is 132 cm³/mol. The highest BCUT2D eigenvalue weighted by atomic mass is 16.5. The topological polar surface area (TPSA) is 87.2 Å². The Bertz CT molecular complexity index is 1430. The van der Waals surface area contributed by atoms with Crippen LogP contribution in [0.5, 0.6) is 23.3 Å². The number of nitrogens with zero attached hydrogens (tertiary/aromatic N) is 4. The van der Waals surface area contributed by atoms with Gasteiger partial charge < -0.3 is 18.8 Å². The fourth-order valence-corrected chi connectivity index (χ4v) is 4.64. The van der Waals surface area contributed by atoms with E-state index in [1.807, 2.05) is 64.7 Å². The molecular weight excluding hydrogens is 442 g/mol. The van der Waals surface area contributed by atoms with Crippen LogP contribution in [0.1, 0.15) is 48.1 Å². The number of para-hydroxylation sites is 1. The maximum absolute atomic E-state index is 9.10. The van der Waals surface area contributed by atoms with Crippen molar-refractivity contribution in [3.63, 3.8) is 0 Å². The van der Waals surface area contributed by atoms with Gasteiger partial charge in [0.05, 0.1) is 42.6 Å². The molecule has 180 valence electrons. The molecule has 1 N–H and O–H groups in total. The average Bonchev–Trinajstić information content (AvgIpc) is 3.23. The molecule has 1 aliphatic heterocycles. The van der Waals surface area contributed by atoms with Crippen LogP contribution in [0.25, 0.3) is 5.69 Å². The Hall–Kier alpha value is -4.07. The van der Waals surface area contributed by atoms with Gasteiger partial charge in [-0.15, -0.1) is 0 Å². The molecule has 0 fully saturated rings. The van der Waals surface area contributed by atoms with E-state index in [1.54, 1.807) is 20.5 Å². The Labute approximate surface area is 204 Å². The van der Waals surface area contributed by atoms with E-state index in [1.165, 1.54) is 0 Å². The zero-order valence-electron chi connectivity index (χ0n) is 20.4. The molecule has 0 amide bonds. The Morgan fingerprint density at radius 2 is 1.80 bits per heavy atom. The first kappa shape index (κ1) is 22.7. The number of aromatic nitrogens is 4. The van der Waals surface area contributed by atoms with Crippen molar-refractivity contribution >= 4 is 0 Å². The molecule has 1 unspecified atom stereocenters. The maximum Gasteiger partial charge on any atom is 0.230 e. The van der Waals surface area contributed by atoms with Gasteiger partial charge in [-0.2, -0.15) is 5.10 Å². The van der Waals surface area contributed by atoms with E-state index in [0.717, 1.165) is 47.5 Å². The molecule has 3 heterocycles. The molecule has 0 spiro atoms. The summed E-state index contributed by atoms with van der Waals surface area (Å²) in [7, 11) is 3.25. The zero-order chi connectivity index (χ0) is 24.5. The van der Waals surface area contributed by atoms with Crippen LogP contribution in [0.4, 0.5) is 0 Å². The zero-order valence-corrected chi connectivity index (χ0v) is 20.4. The van der Waals surface area contributed by atoms with E-state index >= 15 is 0 Å². The summed E-state index contributed by atoms with van der Waals surface area (Å²) >= 11 is 0. The predicted octanol–water partition coefficient (Wildman–Crippen LogP) is 4.96. The van der Waals surface area contributed by atoms with Crippen LogP contribution >= 0.6 is 0 Å². The van der Waals surface area contributed by atoms with Crippen LogP contribution < -0.4 is 19.7 Å². The van der Waals surface area contributed by atoms with Crippen molar-refractivity contribution < 1.29 is 14.2 Å². The van der Waals surface area contributed by atoms with Gasteiger partial charge in [-0.25, -0.2) is 9.67 Å². The minimum absolute atomic E-state index is 0.305. The van der Waals surface area contributed by atoms with E-state index in [0.29, 0.717) is 28.7 Å². The van der Waals surface area contributed by atoms with Crippen LogP contribution in [-0.4, -0.2) is 33.6 Å². The van der Waals surface area contributed by atoms with Gasteiger partial charge in [0.2, 0.25) is 11.8 Å². The fraction of sp³-hybridized carbons (Fsp3) is 0.296. The summed E-state index contributed by atoms with van der Waals surface area (Å²) in [5.41, 5.74) is 4.70. The third kappa shape index (κ3) is 3.84. The van der Waals surface area contributed by atoms with Crippen molar-refractivity contribution in [1.82, 2.24) is 19.3 Å². The quantitative estimate of drug-likeness (QED) is 0.363. The number of hydrogen-bond acceptors (Lipinski definition) is 6. The molecule has 1 atom stereocenters. The fourth-order valence-electron chi connectivity index (χ4n) is 4.64. The highest BCUT2D eigenvalue weighted by molar-refractivity contribution is 5.59. The third-order valence-corrected chi connectivity index (χ3v) is 6.41. The summed E-state index contributed by atoms with van der Waals surface area (Å²) < 4.78 is 21.2. The van der Waals surface area contributed by atoms with Crippen LogP contribution in [0.15, 0.2) is 54.9 Å². The molecule has 2 aromatic carbocycles. The Morgan fingerprint density at radius 3 is 2.51 bits per heavy atom. The number of aryl methyl sites for hydroxylation is 2. The van der Waals surface area contributed by atoms with Gasteiger partial charge in [0.15, 0.2) is 11.5 Å². The lowest BCUT2D eigenvalue weighted by atomic mass is 9.84. The highest BCUT2D eigenvalue weighted by Crippen LogP contribution is 2.48. The number of nitrogens with one attached hydrogen (secondary N) is 1. The Balaban J connectivity index is 1.77. The second kappa shape index (κ2) is 9.29. The van der Waals surface area contributed by atoms with Crippen LogP contribution in [-0.2, 0) is 6.54 Å². The van der Waals surface area contributed by atoms with Crippen molar-refractivity contribution in [2.24, 2.45) is 0 Å². The molecule has 0 aliphatic carbocycles. The highest BCUT2D eigenvalue weighted by Gasteiger charge is 2.37. The van der Waals surface area contributed by atoms with Gasteiger partial charge in [-0.3, -0.25) is 5.41 Å². The lowest BCUT2D eigenvalue weighted by molar-refractivity contribution is 0.354. The molecule has 1 aliphatic rings. The van der Waals surface area contributed by atoms with E-state index < -0.39 is 0 Å². The van der Waals surface area contributed by atoms with Crippen molar-refractivity contribution in [1.29, 1.82) is 5.41 Å². The number of methoxy groups -OCH3 is 2. The SMILES string of the molecule is CCCCn1cnc2c(c1=N)C(c1ccc(OC)c(OC)c1)c1c(C)nn(-c3ccccc3)c1O2.